The first-order chi connectivity index (χ1) is 18.2. The summed E-state index contributed by atoms with van der Waals surface area (Å²) in [5.74, 6) is 0.729. The number of nitrogens with two attached hydrogens (primary N) is 1. The molecule has 1 aliphatic heterocycles. The molecule has 0 spiro atoms. The average molecular weight is 536 g/mol. The molecule has 0 fully saturated rings. The molecule has 4 rings (SSSR count). The zero-order valence-electron chi connectivity index (χ0n) is 22.4. The highest BCUT2D eigenvalue weighted by molar-refractivity contribution is 5.85. The Kier molecular flexibility index (Phi) is 9.99. The fraction of sp³-hybridized carbons (Fsp3) is 0.467. The summed E-state index contributed by atoms with van der Waals surface area (Å²) in [5.41, 5.74) is 6.28. The number of ether oxygens (including phenoxy) is 2. The molecule has 0 saturated carbocycles. The third-order valence-electron chi connectivity index (χ3n) is 6.84. The van der Waals surface area contributed by atoms with E-state index >= 15 is 0 Å². The molecule has 0 saturated heterocycles. The van der Waals surface area contributed by atoms with Gasteiger partial charge in [-0.15, -0.1) is 10.2 Å². The Hall–Kier alpha value is -3.56. The van der Waals surface area contributed by atoms with Crippen molar-refractivity contribution in [1.82, 2.24) is 20.1 Å². The Morgan fingerprint density at radius 3 is 2.33 bits per heavy atom. The van der Waals surface area contributed by atoms with Gasteiger partial charge in [0.2, 0.25) is 5.91 Å². The Labute approximate surface area is 231 Å². The molecule has 0 radical (unpaired) electrons. The van der Waals surface area contributed by atoms with Gasteiger partial charge in [0.15, 0.2) is 5.82 Å². The number of hydrogen-bond donors (Lipinski definition) is 2. The molecule has 2 heterocycles. The maximum absolute atomic E-state index is 13.4. The van der Waals surface area contributed by atoms with E-state index in [1.165, 1.54) is 0 Å². The number of esters is 1. The fourth-order valence-electron chi connectivity index (χ4n) is 4.74. The van der Waals surface area contributed by atoms with Crippen LogP contribution in [0.2, 0.25) is 0 Å². The van der Waals surface area contributed by atoms with Crippen molar-refractivity contribution in [3.05, 3.63) is 83.4 Å². The zero-order chi connectivity index (χ0) is 27.2. The van der Waals surface area contributed by atoms with Crippen LogP contribution >= 0.6 is 0 Å². The largest absolute Gasteiger partial charge is 0.466 e. The molecule has 2 atom stereocenters. The molecule has 0 aliphatic carbocycles. The standard InChI is InChI=1S/C29H37N5O4.CH4/c1-4-38-27(36)29(17-21-11-7-5-8-12-21)16-15-24-32-33-25(34(24)20-29)23(31-26(35)28(2,3)30)19-37-18-22-13-9-6-10-14-22;/h5-14,23H,4,15-20,30H2,1-3H3,(H,31,35);1H4/t23-,29?;/m1./s1. The Morgan fingerprint density at radius 2 is 1.72 bits per heavy atom. The van der Waals surface area contributed by atoms with Crippen molar-refractivity contribution < 1.29 is 19.1 Å². The molecule has 2 aromatic carbocycles. The Morgan fingerprint density at radius 1 is 1.08 bits per heavy atom. The van der Waals surface area contributed by atoms with Crippen molar-refractivity contribution in [3.63, 3.8) is 0 Å². The van der Waals surface area contributed by atoms with E-state index in [-0.39, 0.29) is 25.9 Å². The number of hydrogen-bond acceptors (Lipinski definition) is 7. The summed E-state index contributed by atoms with van der Waals surface area (Å²) in [6, 6.07) is 19.1. The monoisotopic (exact) mass is 535 g/mol. The van der Waals surface area contributed by atoms with E-state index in [0.717, 1.165) is 17.0 Å². The van der Waals surface area contributed by atoms with Crippen LogP contribution in [0.5, 0.6) is 0 Å². The van der Waals surface area contributed by atoms with Gasteiger partial charge in [0.25, 0.3) is 0 Å². The van der Waals surface area contributed by atoms with Crippen molar-refractivity contribution in [2.24, 2.45) is 11.1 Å². The van der Waals surface area contributed by atoms with Crippen molar-refractivity contribution in [2.75, 3.05) is 13.2 Å². The van der Waals surface area contributed by atoms with Gasteiger partial charge in [0, 0.05) is 13.0 Å². The first-order valence-electron chi connectivity index (χ1n) is 13.1. The number of nitrogens with one attached hydrogen (secondary N) is 1. The van der Waals surface area contributed by atoms with Gasteiger partial charge >= 0.3 is 5.97 Å². The molecule has 1 unspecified atom stereocenters. The van der Waals surface area contributed by atoms with E-state index in [4.69, 9.17) is 15.2 Å². The van der Waals surface area contributed by atoms with Gasteiger partial charge < -0.3 is 25.1 Å². The van der Waals surface area contributed by atoms with E-state index in [1.54, 1.807) is 13.8 Å². The van der Waals surface area contributed by atoms with Gasteiger partial charge in [-0.25, -0.2) is 0 Å². The van der Waals surface area contributed by atoms with Crippen LogP contribution < -0.4 is 11.1 Å². The van der Waals surface area contributed by atoms with E-state index in [9.17, 15) is 9.59 Å². The molecule has 1 amide bonds. The quantitative estimate of drug-likeness (QED) is 0.359. The lowest BCUT2D eigenvalue weighted by atomic mass is 9.75. The molecule has 3 aromatic rings. The first kappa shape index (κ1) is 30.0. The van der Waals surface area contributed by atoms with Gasteiger partial charge in [-0.1, -0.05) is 68.1 Å². The average Bonchev–Trinajstić information content (AvgIpc) is 3.31. The molecule has 39 heavy (non-hydrogen) atoms. The molecule has 210 valence electrons. The van der Waals surface area contributed by atoms with E-state index in [0.29, 0.717) is 44.8 Å². The van der Waals surface area contributed by atoms with Gasteiger partial charge in [-0.05, 0) is 44.7 Å². The molecular weight excluding hydrogens is 494 g/mol. The number of carbonyl (C=O) groups excluding carboxylic acids is 2. The van der Waals surface area contributed by atoms with Crippen LogP contribution in [-0.4, -0.2) is 45.4 Å². The van der Waals surface area contributed by atoms with E-state index < -0.39 is 17.0 Å². The third kappa shape index (κ3) is 7.30. The Bertz CT molecular complexity index is 1220. The Balaban J connectivity index is 0.00000420. The SMILES string of the molecule is C.CCOC(=O)C1(Cc2ccccc2)CCc2nnc([C@@H](COCc3ccccc3)NC(=O)C(C)(C)N)n2C1. The number of nitrogens with zero attached hydrogens (tertiary/aromatic N) is 3. The summed E-state index contributed by atoms with van der Waals surface area (Å²) in [5, 5.41) is 11.9. The van der Waals surface area contributed by atoms with Gasteiger partial charge in [0.1, 0.15) is 11.9 Å². The van der Waals surface area contributed by atoms with Gasteiger partial charge in [0.05, 0.1) is 30.8 Å². The van der Waals surface area contributed by atoms with Crippen LogP contribution in [0.3, 0.4) is 0 Å². The summed E-state index contributed by atoms with van der Waals surface area (Å²) in [6.45, 7) is 6.30. The molecule has 9 nitrogen and oxygen atoms in total. The van der Waals surface area contributed by atoms with Crippen molar-refractivity contribution in [2.45, 2.75) is 72.2 Å². The highest BCUT2D eigenvalue weighted by Crippen LogP contribution is 2.37. The second-order valence-corrected chi connectivity index (χ2v) is 10.5. The van der Waals surface area contributed by atoms with Crippen LogP contribution in [0.4, 0.5) is 0 Å². The van der Waals surface area contributed by atoms with Crippen molar-refractivity contribution >= 4 is 11.9 Å². The number of benzene rings is 2. The molecule has 0 bridgehead atoms. The van der Waals surface area contributed by atoms with Crippen LogP contribution in [0.1, 0.15) is 63.4 Å². The van der Waals surface area contributed by atoms with Gasteiger partial charge in [-0.3, -0.25) is 9.59 Å². The van der Waals surface area contributed by atoms with Gasteiger partial charge in [-0.2, -0.15) is 0 Å². The normalized spacial score (nSPS) is 17.4. The number of aromatic nitrogens is 3. The predicted molar refractivity (Wildman–Crippen MR) is 150 cm³/mol. The summed E-state index contributed by atoms with van der Waals surface area (Å²) in [7, 11) is 0. The van der Waals surface area contributed by atoms with Crippen molar-refractivity contribution in [1.29, 1.82) is 0 Å². The van der Waals surface area contributed by atoms with E-state index in [2.05, 4.69) is 15.5 Å². The molecule has 1 aromatic heterocycles. The molecular formula is C30H41N5O4. The minimum atomic E-state index is -1.09. The first-order valence-corrected chi connectivity index (χ1v) is 13.1. The van der Waals surface area contributed by atoms with Crippen LogP contribution in [0.15, 0.2) is 60.7 Å². The lowest BCUT2D eigenvalue weighted by molar-refractivity contribution is -0.157. The minimum Gasteiger partial charge on any atom is -0.466 e. The summed E-state index contributed by atoms with van der Waals surface area (Å²) < 4.78 is 13.5. The number of aryl methyl sites for hydroxylation is 1. The lowest BCUT2D eigenvalue weighted by Gasteiger charge is -2.36. The number of fused-ring (bicyclic) bond motifs is 1. The highest BCUT2D eigenvalue weighted by atomic mass is 16.5. The summed E-state index contributed by atoms with van der Waals surface area (Å²) in [6.07, 6.45) is 1.68. The zero-order valence-corrected chi connectivity index (χ0v) is 22.4. The molecule has 3 N–H and O–H groups in total. The molecule has 9 heteroatoms. The smallest absolute Gasteiger partial charge is 0.314 e. The number of amides is 1. The second kappa shape index (κ2) is 13.0. The fourth-order valence-corrected chi connectivity index (χ4v) is 4.74. The topological polar surface area (TPSA) is 121 Å². The maximum atomic E-state index is 13.4. The van der Waals surface area contributed by atoms with Crippen LogP contribution in [0, 0.1) is 5.41 Å². The molecule has 1 aliphatic rings. The maximum Gasteiger partial charge on any atom is 0.314 e. The number of rotatable bonds is 11. The summed E-state index contributed by atoms with van der Waals surface area (Å²) >= 11 is 0. The predicted octanol–water partition coefficient (Wildman–Crippen LogP) is 3.76. The summed E-state index contributed by atoms with van der Waals surface area (Å²) in [4.78, 5) is 26.3. The second-order valence-electron chi connectivity index (χ2n) is 10.5. The minimum absolute atomic E-state index is 0. The van der Waals surface area contributed by atoms with E-state index in [1.807, 2.05) is 72.2 Å². The van der Waals surface area contributed by atoms with Crippen molar-refractivity contribution in [3.8, 4) is 0 Å². The van der Waals surface area contributed by atoms with Crippen LogP contribution in [-0.2, 0) is 45.1 Å². The lowest BCUT2D eigenvalue weighted by Crippen LogP contribution is -2.51. The third-order valence-corrected chi connectivity index (χ3v) is 6.84. The van der Waals surface area contributed by atoms with Crippen LogP contribution in [0.25, 0.3) is 0 Å². The highest BCUT2D eigenvalue weighted by Gasteiger charge is 2.45. The number of carbonyl (C=O) groups is 2.